The number of nitrogens with zero attached hydrogens (tertiary/aromatic N) is 2. The number of benzene rings is 2. The Hall–Kier alpha value is -3.00. The smallest absolute Gasteiger partial charge is 0.0701 e. The van der Waals surface area contributed by atoms with E-state index in [-0.39, 0.29) is 0 Å². The molecule has 2 heteroatoms. The third-order valence-corrected chi connectivity index (χ3v) is 3.28. The van der Waals surface area contributed by atoms with Crippen LogP contribution in [0.2, 0.25) is 0 Å². The van der Waals surface area contributed by atoms with Gasteiger partial charge in [0.15, 0.2) is 0 Å². The molecule has 4 aromatic rings. The molecular weight excluding hydrogens is 268 g/mol. The van der Waals surface area contributed by atoms with E-state index in [1.807, 2.05) is 73.2 Å². The monoisotopic (exact) mass is 284 g/mol. The molecule has 0 amide bonds. The first kappa shape index (κ1) is 14.0. The van der Waals surface area contributed by atoms with E-state index in [0.29, 0.717) is 0 Å². The number of hydrogen-bond acceptors (Lipinski definition) is 2. The summed E-state index contributed by atoms with van der Waals surface area (Å²) in [6.45, 7) is 0. The molecule has 0 spiro atoms. The van der Waals surface area contributed by atoms with Crippen LogP contribution >= 0.6 is 0 Å². The van der Waals surface area contributed by atoms with Crippen LogP contribution in [0.3, 0.4) is 0 Å². The van der Waals surface area contributed by atoms with Gasteiger partial charge in [-0.05, 0) is 29.0 Å². The van der Waals surface area contributed by atoms with Crippen LogP contribution in [0.4, 0.5) is 0 Å². The molecule has 0 aliphatic rings. The topological polar surface area (TPSA) is 25.8 Å². The number of rotatable bonds is 1. The third-order valence-electron chi connectivity index (χ3n) is 3.28. The van der Waals surface area contributed by atoms with E-state index in [1.165, 1.54) is 10.8 Å². The summed E-state index contributed by atoms with van der Waals surface area (Å²) >= 11 is 0. The number of hydrogen-bond donors (Lipinski definition) is 0. The van der Waals surface area contributed by atoms with E-state index in [4.69, 9.17) is 0 Å². The maximum Gasteiger partial charge on any atom is 0.0701 e. The van der Waals surface area contributed by atoms with Crippen LogP contribution in [-0.2, 0) is 0 Å². The Labute approximate surface area is 130 Å². The van der Waals surface area contributed by atoms with E-state index in [0.717, 1.165) is 11.3 Å². The quantitative estimate of drug-likeness (QED) is 0.492. The number of pyridine rings is 2. The molecule has 0 fully saturated rings. The molecule has 2 aromatic carbocycles. The SMILES string of the molecule is c1ccc(-c2ccccn2)cc1.c1ccc2cnccc2c1. The highest BCUT2D eigenvalue weighted by molar-refractivity contribution is 5.80. The van der Waals surface area contributed by atoms with Crippen LogP contribution in [0, 0.1) is 0 Å². The lowest BCUT2D eigenvalue weighted by molar-refractivity contribution is 1.33. The zero-order valence-corrected chi connectivity index (χ0v) is 12.1. The van der Waals surface area contributed by atoms with Gasteiger partial charge in [-0.15, -0.1) is 0 Å². The van der Waals surface area contributed by atoms with Gasteiger partial charge in [0.2, 0.25) is 0 Å². The van der Waals surface area contributed by atoms with Crippen molar-refractivity contribution in [2.45, 2.75) is 0 Å². The summed E-state index contributed by atoms with van der Waals surface area (Å²) in [5.41, 5.74) is 2.19. The third kappa shape index (κ3) is 3.55. The van der Waals surface area contributed by atoms with E-state index < -0.39 is 0 Å². The minimum absolute atomic E-state index is 1.03. The van der Waals surface area contributed by atoms with E-state index >= 15 is 0 Å². The van der Waals surface area contributed by atoms with E-state index in [1.54, 1.807) is 0 Å². The Balaban J connectivity index is 0.000000133. The van der Waals surface area contributed by atoms with Crippen molar-refractivity contribution in [3.05, 3.63) is 97.5 Å². The Morgan fingerprint density at radius 3 is 2.00 bits per heavy atom. The summed E-state index contributed by atoms with van der Waals surface area (Å²) in [5, 5.41) is 2.45. The van der Waals surface area contributed by atoms with Gasteiger partial charge in [-0.2, -0.15) is 0 Å². The summed E-state index contributed by atoms with van der Waals surface area (Å²) in [6, 6.07) is 26.3. The molecule has 0 unspecified atom stereocenters. The van der Waals surface area contributed by atoms with Gasteiger partial charge in [0.1, 0.15) is 0 Å². The van der Waals surface area contributed by atoms with Gasteiger partial charge in [0.25, 0.3) is 0 Å². The Kier molecular flexibility index (Phi) is 4.53. The van der Waals surface area contributed by atoms with Crippen LogP contribution in [0.15, 0.2) is 97.5 Å². The van der Waals surface area contributed by atoms with E-state index in [2.05, 4.69) is 34.2 Å². The molecular formula is C20H16N2. The highest BCUT2D eigenvalue weighted by Gasteiger charge is 1.93. The molecule has 0 aliphatic heterocycles. The lowest BCUT2D eigenvalue weighted by atomic mass is 10.1. The van der Waals surface area contributed by atoms with Gasteiger partial charge in [-0.3, -0.25) is 9.97 Å². The molecule has 0 radical (unpaired) electrons. The van der Waals surface area contributed by atoms with Gasteiger partial charge in [-0.1, -0.05) is 60.7 Å². The van der Waals surface area contributed by atoms with Gasteiger partial charge in [-0.25, -0.2) is 0 Å². The van der Waals surface area contributed by atoms with Crippen molar-refractivity contribution in [1.82, 2.24) is 9.97 Å². The zero-order chi connectivity index (χ0) is 15.0. The summed E-state index contributed by atoms with van der Waals surface area (Å²) in [6.07, 6.45) is 5.49. The predicted octanol–water partition coefficient (Wildman–Crippen LogP) is 4.98. The van der Waals surface area contributed by atoms with Crippen molar-refractivity contribution in [2.75, 3.05) is 0 Å². The van der Waals surface area contributed by atoms with Crippen LogP contribution < -0.4 is 0 Å². The van der Waals surface area contributed by atoms with Crippen molar-refractivity contribution in [3.8, 4) is 11.3 Å². The Bertz CT molecular complexity index is 724. The van der Waals surface area contributed by atoms with Gasteiger partial charge in [0, 0.05) is 24.2 Å². The number of aromatic nitrogens is 2. The lowest BCUT2D eigenvalue weighted by Crippen LogP contribution is -1.79. The summed E-state index contributed by atoms with van der Waals surface area (Å²) in [5.74, 6) is 0. The molecule has 2 nitrogen and oxygen atoms in total. The average molecular weight is 284 g/mol. The molecule has 2 heterocycles. The van der Waals surface area contributed by atoms with E-state index in [9.17, 15) is 0 Å². The largest absolute Gasteiger partial charge is 0.264 e. The Morgan fingerprint density at radius 1 is 0.545 bits per heavy atom. The van der Waals surface area contributed by atoms with Crippen LogP contribution in [0.5, 0.6) is 0 Å². The first-order valence-corrected chi connectivity index (χ1v) is 7.19. The summed E-state index contributed by atoms with van der Waals surface area (Å²) in [7, 11) is 0. The molecule has 0 aliphatic carbocycles. The molecule has 4 rings (SSSR count). The fraction of sp³-hybridized carbons (Fsp3) is 0. The minimum Gasteiger partial charge on any atom is -0.264 e. The van der Waals surface area contributed by atoms with Gasteiger partial charge < -0.3 is 0 Å². The highest BCUT2D eigenvalue weighted by atomic mass is 14.7. The molecule has 22 heavy (non-hydrogen) atoms. The lowest BCUT2D eigenvalue weighted by Gasteiger charge is -1.97. The summed E-state index contributed by atoms with van der Waals surface area (Å²) in [4.78, 5) is 8.26. The highest BCUT2D eigenvalue weighted by Crippen LogP contribution is 2.14. The molecule has 106 valence electrons. The number of fused-ring (bicyclic) bond motifs is 1. The average Bonchev–Trinajstić information content (AvgIpc) is 2.64. The molecule has 0 bridgehead atoms. The fourth-order valence-electron chi connectivity index (χ4n) is 2.17. The van der Waals surface area contributed by atoms with Gasteiger partial charge >= 0.3 is 0 Å². The second-order valence-electron chi connectivity index (χ2n) is 4.80. The maximum absolute atomic E-state index is 4.25. The van der Waals surface area contributed by atoms with Crippen LogP contribution in [0.25, 0.3) is 22.0 Å². The van der Waals surface area contributed by atoms with Crippen molar-refractivity contribution >= 4 is 10.8 Å². The van der Waals surface area contributed by atoms with Crippen molar-refractivity contribution in [3.63, 3.8) is 0 Å². The second kappa shape index (κ2) is 7.14. The maximum atomic E-state index is 4.25. The molecule has 0 N–H and O–H groups in total. The zero-order valence-electron chi connectivity index (χ0n) is 12.1. The van der Waals surface area contributed by atoms with Crippen molar-refractivity contribution < 1.29 is 0 Å². The first-order chi connectivity index (χ1) is 10.9. The molecule has 0 saturated heterocycles. The first-order valence-electron chi connectivity index (χ1n) is 7.19. The normalized spacial score (nSPS) is 9.82. The van der Waals surface area contributed by atoms with Crippen LogP contribution in [0.1, 0.15) is 0 Å². The molecule has 2 aromatic heterocycles. The standard InChI is InChI=1S/C11H9N.C9H7N/c1-2-6-10(7-3-1)11-8-4-5-9-12-11;1-2-4-9-7-10-6-5-8(9)3-1/h1-9H;1-7H. The predicted molar refractivity (Wildman–Crippen MR) is 91.4 cm³/mol. The minimum atomic E-state index is 1.03. The van der Waals surface area contributed by atoms with Crippen LogP contribution in [-0.4, -0.2) is 9.97 Å². The van der Waals surface area contributed by atoms with Gasteiger partial charge in [0.05, 0.1) is 5.69 Å². The Morgan fingerprint density at radius 2 is 1.27 bits per heavy atom. The fourth-order valence-corrected chi connectivity index (χ4v) is 2.17. The second-order valence-corrected chi connectivity index (χ2v) is 4.80. The molecule has 0 atom stereocenters. The van der Waals surface area contributed by atoms with Crippen molar-refractivity contribution in [1.29, 1.82) is 0 Å². The summed E-state index contributed by atoms with van der Waals surface area (Å²) < 4.78 is 0. The van der Waals surface area contributed by atoms with Crippen molar-refractivity contribution in [2.24, 2.45) is 0 Å². The molecule has 0 saturated carbocycles.